The number of hydrogen-bond donors (Lipinski definition) is 5. The molecule has 2 aromatic rings. The number of aliphatic hydroxyl groups is 3. The van der Waals surface area contributed by atoms with Gasteiger partial charge < -0.3 is 54.2 Å². The van der Waals surface area contributed by atoms with Crippen molar-refractivity contribution in [1.29, 1.82) is 0 Å². The normalized spacial score (nSPS) is 39.2. The van der Waals surface area contributed by atoms with Gasteiger partial charge in [-0.3, -0.25) is 9.78 Å². The van der Waals surface area contributed by atoms with Crippen molar-refractivity contribution in [1.82, 2.24) is 29.9 Å². The van der Waals surface area contributed by atoms with E-state index in [1.807, 2.05) is 50.6 Å². The third kappa shape index (κ3) is 9.53. The molecule has 326 valence electrons. The zero-order valence-electron chi connectivity index (χ0n) is 35.7. The van der Waals surface area contributed by atoms with Crippen molar-refractivity contribution in [3.8, 4) is 11.3 Å². The van der Waals surface area contributed by atoms with Crippen LogP contribution in [0.5, 0.6) is 0 Å². The lowest BCUT2D eigenvalue weighted by Gasteiger charge is -2.48. The van der Waals surface area contributed by atoms with E-state index in [-0.39, 0.29) is 12.3 Å². The van der Waals surface area contributed by atoms with Crippen molar-refractivity contribution in [2.24, 2.45) is 29.4 Å². The number of aryl methyl sites for hydroxylation is 1. The molecule has 5 heterocycles. The van der Waals surface area contributed by atoms with E-state index in [4.69, 9.17) is 29.4 Å². The van der Waals surface area contributed by atoms with Crippen LogP contribution in [0.1, 0.15) is 74.1 Å². The standard InChI is InChI=1S/C41H67N7O10/c1-11-30-41(7)35(48(39(53)58-41)45-16-13-17-47-21-28(44-22-47)27-14-12-15-43-20-27)24(3)32(42)23(2)19-40(6,54-10)36(25(4)33(50)26(5)37(52)55-30)57-38-34(51)29(46(8)9)18-31(49)56-38/h12,14-15,20-26,29-36,38,45,49-51H,11,13,16-19,42H2,1-10H3/t23-,24-,25+,26-,29-,30+,31+,32?,33-,34+,35-,36-,38+,40+,41-/m1/s1. The van der Waals surface area contributed by atoms with Crippen LogP contribution >= 0.6 is 0 Å². The second-order valence-electron chi connectivity index (χ2n) is 17.2. The van der Waals surface area contributed by atoms with Crippen molar-refractivity contribution in [3.05, 3.63) is 37.1 Å². The Kier molecular flexibility index (Phi) is 15.0. The van der Waals surface area contributed by atoms with E-state index in [0.717, 1.165) is 11.3 Å². The number of pyridine rings is 1. The average Bonchev–Trinajstić information content (AvgIpc) is 3.78. The molecule has 1 amide bonds. The summed E-state index contributed by atoms with van der Waals surface area (Å²) in [5.74, 6) is -3.19. The molecule has 6 N–H and O–H groups in total. The number of carbonyl (C=O) groups excluding carboxylic acids is 2. The van der Waals surface area contributed by atoms with Gasteiger partial charge in [0.05, 0.1) is 41.8 Å². The maximum atomic E-state index is 14.0. The summed E-state index contributed by atoms with van der Waals surface area (Å²) in [5, 5.41) is 35.4. The minimum absolute atomic E-state index is 0.167. The first-order valence-electron chi connectivity index (χ1n) is 20.6. The number of esters is 1. The molecule has 0 aliphatic carbocycles. The van der Waals surface area contributed by atoms with Gasteiger partial charge in [0, 0.05) is 68.8 Å². The quantitative estimate of drug-likeness (QED) is 0.163. The molecule has 0 radical (unpaired) electrons. The van der Waals surface area contributed by atoms with E-state index in [1.54, 1.807) is 58.5 Å². The number of cyclic esters (lactones) is 1. The number of nitrogens with two attached hydrogens (primary N) is 1. The molecule has 17 heteroatoms. The summed E-state index contributed by atoms with van der Waals surface area (Å²) in [7, 11) is 5.13. The number of methoxy groups -OCH3 is 1. The summed E-state index contributed by atoms with van der Waals surface area (Å²) in [5.41, 5.74) is 9.74. The molecule has 15 atom stereocenters. The number of rotatable bonds is 11. The lowest BCUT2D eigenvalue weighted by atomic mass is 9.72. The second-order valence-corrected chi connectivity index (χ2v) is 17.2. The second kappa shape index (κ2) is 19.0. The van der Waals surface area contributed by atoms with Crippen molar-refractivity contribution in [2.75, 3.05) is 27.7 Å². The van der Waals surface area contributed by atoms with Crippen LogP contribution in [-0.4, -0.2) is 146 Å². The fourth-order valence-corrected chi connectivity index (χ4v) is 9.31. The summed E-state index contributed by atoms with van der Waals surface area (Å²) in [6.07, 6.45) is 1.22. The number of nitrogens with one attached hydrogen (secondary N) is 1. The van der Waals surface area contributed by atoms with Crippen molar-refractivity contribution in [3.63, 3.8) is 0 Å². The molecule has 5 rings (SSSR count). The van der Waals surface area contributed by atoms with E-state index in [2.05, 4.69) is 15.4 Å². The third-order valence-corrected chi connectivity index (χ3v) is 12.9. The van der Waals surface area contributed by atoms with Gasteiger partial charge in [0.25, 0.3) is 0 Å². The van der Waals surface area contributed by atoms with Gasteiger partial charge in [0.1, 0.15) is 12.2 Å². The smallest absolute Gasteiger partial charge is 0.425 e. The molecule has 0 spiro atoms. The molecule has 0 saturated carbocycles. The highest BCUT2D eigenvalue weighted by Crippen LogP contribution is 2.43. The number of imidazole rings is 1. The molecule has 58 heavy (non-hydrogen) atoms. The van der Waals surface area contributed by atoms with Crippen molar-refractivity contribution in [2.45, 2.75) is 147 Å². The number of nitrogens with zero attached hydrogens (tertiary/aromatic N) is 5. The Bertz CT molecular complexity index is 1650. The minimum Gasteiger partial charge on any atom is -0.458 e. The monoisotopic (exact) mass is 817 g/mol. The molecule has 1 unspecified atom stereocenters. The van der Waals surface area contributed by atoms with Crippen molar-refractivity contribution < 1.29 is 48.6 Å². The van der Waals surface area contributed by atoms with Crippen LogP contribution in [0.2, 0.25) is 0 Å². The summed E-state index contributed by atoms with van der Waals surface area (Å²) in [4.78, 5) is 38.4. The predicted molar refractivity (Wildman–Crippen MR) is 213 cm³/mol. The third-order valence-electron chi connectivity index (χ3n) is 12.9. The van der Waals surface area contributed by atoms with Gasteiger partial charge in [-0.1, -0.05) is 27.7 Å². The Balaban J connectivity index is 1.43. The maximum Gasteiger partial charge on any atom is 0.425 e. The lowest BCUT2D eigenvalue weighted by molar-refractivity contribution is -0.332. The highest BCUT2D eigenvalue weighted by Gasteiger charge is 2.60. The first-order chi connectivity index (χ1) is 27.4. The first kappa shape index (κ1) is 45.8. The van der Waals surface area contributed by atoms with Crippen LogP contribution in [0.3, 0.4) is 0 Å². The summed E-state index contributed by atoms with van der Waals surface area (Å²) < 4.78 is 32.9. The van der Waals surface area contributed by atoms with E-state index >= 15 is 0 Å². The van der Waals surface area contributed by atoms with Crippen molar-refractivity contribution >= 4 is 12.1 Å². The maximum absolute atomic E-state index is 14.0. The zero-order chi connectivity index (χ0) is 42.7. The van der Waals surface area contributed by atoms with Crippen LogP contribution in [0.15, 0.2) is 37.1 Å². The SMILES string of the molecule is CC[C@@H]1OC(=O)[C@H](C)[C@H](O)[C@H](C)[C@@H](O[C@@H]2O[C@H](O)C[C@@H](N(C)C)[C@@H]2O)[C@@](C)(OC)C[C@@H](C)C(N)[C@@H](C)[C@H]2N(NCCCn3cnc(-c4cccnc4)c3)C(=O)O[C@]12C. The number of ether oxygens (including phenoxy) is 5. The van der Waals surface area contributed by atoms with E-state index in [9.17, 15) is 24.9 Å². The molecule has 3 aliphatic rings. The molecule has 0 aromatic carbocycles. The number of hydrogen-bond acceptors (Lipinski definition) is 15. The first-order valence-corrected chi connectivity index (χ1v) is 20.6. The Labute approximate surface area is 342 Å². The van der Waals surface area contributed by atoms with Gasteiger partial charge in [-0.25, -0.2) is 20.2 Å². The number of likely N-dealkylation sites (N-methyl/N-ethyl adjacent to an activating group) is 1. The largest absolute Gasteiger partial charge is 0.458 e. The van der Waals surface area contributed by atoms with Crippen LogP contribution in [0.25, 0.3) is 11.3 Å². The predicted octanol–water partition coefficient (Wildman–Crippen LogP) is 2.52. The molecule has 0 bridgehead atoms. The number of amides is 1. The Morgan fingerprint density at radius 2 is 1.83 bits per heavy atom. The number of carbonyl (C=O) groups is 2. The van der Waals surface area contributed by atoms with Crippen LogP contribution in [-0.2, 0) is 35.0 Å². The lowest BCUT2D eigenvalue weighted by Crippen LogP contribution is -2.63. The highest BCUT2D eigenvalue weighted by molar-refractivity contribution is 5.74. The fraction of sp³-hybridized carbons (Fsp3) is 0.756. The Hall–Kier alpha value is -3.26. The molecular formula is C41H67N7O10. The van der Waals surface area contributed by atoms with Crippen LogP contribution < -0.4 is 11.2 Å². The van der Waals surface area contributed by atoms with Crippen LogP contribution in [0.4, 0.5) is 4.79 Å². The summed E-state index contributed by atoms with van der Waals surface area (Å²) >= 11 is 0. The van der Waals surface area contributed by atoms with Gasteiger partial charge in [-0.15, -0.1) is 0 Å². The van der Waals surface area contributed by atoms with Gasteiger partial charge in [0.15, 0.2) is 18.2 Å². The average molecular weight is 818 g/mol. The minimum atomic E-state index is -1.32. The van der Waals surface area contributed by atoms with E-state index < -0.39 is 96.1 Å². The molecule has 3 saturated heterocycles. The topological polar surface area (TPSA) is 216 Å². The summed E-state index contributed by atoms with van der Waals surface area (Å²) in [6.45, 7) is 13.8. The number of aromatic nitrogens is 3. The van der Waals surface area contributed by atoms with E-state index in [1.165, 1.54) is 12.1 Å². The Morgan fingerprint density at radius 1 is 1.10 bits per heavy atom. The fourth-order valence-electron chi connectivity index (χ4n) is 9.31. The molecular weight excluding hydrogens is 750 g/mol. The Morgan fingerprint density at radius 3 is 2.47 bits per heavy atom. The summed E-state index contributed by atoms with van der Waals surface area (Å²) in [6, 6.07) is 2.10. The molecule has 17 nitrogen and oxygen atoms in total. The molecule has 2 aromatic heterocycles. The highest BCUT2D eigenvalue weighted by atomic mass is 16.7. The van der Waals surface area contributed by atoms with Crippen LogP contribution in [0, 0.1) is 23.7 Å². The number of aliphatic hydroxyl groups excluding tert-OH is 3. The number of fused-ring (bicyclic) bond motifs is 1. The van der Waals surface area contributed by atoms with Gasteiger partial charge >= 0.3 is 12.1 Å². The van der Waals surface area contributed by atoms with Gasteiger partial charge in [-0.2, -0.15) is 0 Å². The van der Waals surface area contributed by atoms with Gasteiger partial charge in [-0.05, 0) is 78.1 Å². The molecule has 3 aliphatic heterocycles. The van der Waals surface area contributed by atoms with E-state index in [0.29, 0.717) is 32.4 Å². The van der Waals surface area contributed by atoms with Gasteiger partial charge in [0.2, 0.25) is 0 Å². The molecule has 3 fully saturated rings. The zero-order valence-corrected chi connectivity index (χ0v) is 35.7. The number of hydrazine groups is 1.